The molecule has 1 aromatic carbocycles. The maximum atomic E-state index is 11.9. The normalized spacial score (nSPS) is 14.4. The van der Waals surface area contributed by atoms with Crippen LogP contribution in [0.1, 0.15) is 39.8 Å². The van der Waals surface area contributed by atoms with Crippen molar-refractivity contribution in [3.63, 3.8) is 0 Å². The van der Waals surface area contributed by atoms with Crippen molar-refractivity contribution in [3.8, 4) is 10.4 Å². The largest absolute Gasteiger partial charge is 0.464 e. The van der Waals surface area contributed by atoms with Gasteiger partial charge < -0.3 is 4.74 Å². The molecule has 0 aliphatic heterocycles. The number of aryl methyl sites for hydroxylation is 1. The van der Waals surface area contributed by atoms with E-state index in [1.54, 1.807) is 11.3 Å². The topological polar surface area (TPSA) is 39.2 Å². The van der Waals surface area contributed by atoms with Gasteiger partial charge in [0.15, 0.2) is 5.69 Å². The lowest BCUT2D eigenvalue weighted by molar-refractivity contribution is 0.0595. The number of ether oxygens (including phenoxy) is 1. The van der Waals surface area contributed by atoms with E-state index < -0.39 is 0 Å². The van der Waals surface area contributed by atoms with E-state index in [1.807, 2.05) is 25.1 Å². The number of carbonyl (C=O) groups excluding carboxylic acids is 1. The van der Waals surface area contributed by atoms with Crippen LogP contribution < -0.4 is 0 Å². The molecule has 19 heavy (non-hydrogen) atoms. The Balaban J connectivity index is 2.10. The Morgan fingerprint density at radius 2 is 2.21 bits per heavy atom. The summed E-state index contributed by atoms with van der Waals surface area (Å²) in [5, 5.41) is 1.07. The molecule has 98 valence electrons. The zero-order valence-corrected chi connectivity index (χ0v) is 11.8. The van der Waals surface area contributed by atoms with Gasteiger partial charge in [0, 0.05) is 5.92 Å². The van der Waals surface area contributed by atoms with E-state index >= 15 is 0 Å². The monoisotopic (exact) mass is 273 g/mol. The van der Waals surface area contributed by atoms with Crippen LogP contribution in [0.5, 0.6) is 0 Å². The second-order valence-electron chi connectivity index (χ2n) is 4.87. The van der Waals surface area contributed by atoms with Gasteiger partial charge in [-0.15, -0.1) is 11.3 Å². The molecule has 0 saturated heterocycles. The molecule has 0 amide bonds. The maximum absolute atomic E-state index is 11.9. The highest BCUT2D eigenvalue weighted by Gasteiger charge is 2.30. The Hall–Kier alpha value is -1.68. The van der Waals surface area contributed by atoms with Crippen LogP contribution in [-0.2, 0) is 4.74 Å². The summed E-state index contributed by atoms with van der Waals surface area (Å²) in [6, 6.07) is 8.15. The summed E-state index contributed by atoms with van der Waals surface area (Å²) in [6.45, 7) is 2.05. The third-order valence-electron chi connectivity index (χ3n) is 3.23. The molecule has 3 nitrogen and oxygen atoms in total. The third kappa shape index (κ3) is 2.40. The fraction of sp³-hybridized carbons (Fsp3) is 0.333. The predicted molar refractivity (Wildman–Crippen MR) is 75.6 cm³/mol. The zero-order valence-electron chi connectivity index (χ0n) is 11.0. The quantitative estimate of drug-likeness (QED) is 0.799. The van der Waals surface area contributed by atoms with Crippen LogP contribution in [0.2, 0.25) is 0 Å². The molecule has 1 fully saturated rings. The minimum absolute atomic E-state index is 0.348. The van der Waals surface area contributed by atoms with Crippen LogP contribution in [0.4, 0.5) is 0 Å². The Labute approximate surface area is 116 Å². The third-order valence-corrected chi connectivity index (χ3v) is 4.50. The van der Waals surface area contributed by atoms with Crippen LogP contribution >= 0.6 is 11.3 Å². The van der Waals surface area contributed by atoms with Crippen molar-refractivity contribution < 1.29 is 9.53 Å². The van der Waals surface area contributed by atoms with Crippen molar-refractivity contribution in [1.82, 2.24) is 4.98 Å². The number of rotatable bonds is 3. The van der Waals surface area contributed by atoms with Gasteiger partial charge in [-0.25, -0.2) is 9.78 Å². The molecule has 2 aromatic rings. The van der Waals surface area contributed by atoms with Crippen LogP contribution in [-0.4, -0.2) is 18.1 Å². The zero-order chi connectivity index (χ0) is 13.4. The van der Waals surface area contributed by atoms with E-state index in [2.05, 4.69) is 11.1 Å². The number of esters is 1. The van der Waals surface area contributed by atoms with Crippen LogP contribution in [0.25, 0.3) is 10.4 Å². The number of hydrogen-bond donors (Lipinski definition) is 0. The fourth-order valence-electron chi connectivity index (χ4n) is 2.06. The highest BCUT2D eigenvalue weighted by Crippen LogP contribution is 2.45. The van der Waals surface area contributed by atoms with Crippen molar-refractivity contribution in [2.75, 3.05) is 7.11 Å². The first-order valence-corrected chi connectivity index (χ1v) is 7.16. The average molecular weight is 273 g/mol. The molecule has 1 aliphatic rings. The van der Waals surface area contributed by atoms with Crippen LogP contribution in [0.3, 0.4) is 0 Å². The van der Waals surface area contributed by atoms with Crippen molar-refractivity contribution in [1.29, 1.82) is 0 Å². The summed E-state index contributed by atoms with van der Waals surface area (Å²) < 4.78 is 4.85. The first-order valence-electron chi connectivity index (χ1n) is 6.35. The van der Waals surface area contributed by atoms with E-state index in [9.17, 15) is 4.79 Å². The number of aromatic nitrogens is 1. The summed E-state index contributed by atoms with van der Waals surface area (Å²) in [6.07, 6.45) is 2.36. The molecule has 0 unspecified atom stereocenters. The van der Waals surface area contributed by atoms with E-state index in [0.29, 0.717) is 11.6 Å². The lowest BCUT2D eigenvalue weighted by Gasteiger charge is -2.01. The summed E-state index contributed by atoms with van der Waals surface area (Å²) in [5.41, 5.74) is 2.68. The van der Waals surface area contributed by atoms with Crippen molar-refractivity contribution in [2.24, 2.45) is 0 Å². The van der Waals surface area contributed by atoms with Crippen LogP contribution in [0, 0.1) is 6.92 Å². The molecule has 0 bridgehead atoms. The standard InChI is InChI=1S/C15H15NO2S/c1-9-4-3-5-11(8-9)13-12(15(17)18-2)16-14(19-13)10-6-7-10/h3-5,8,10H,6-7H2,1-2H3. The summed E-state index contributed by atoms with van der Waals surface area (Å²) in [5.74, 6) is 0.201. The summed E-state index contributed by atoms with van der Waals surface area (Å²) in [7, 11) is 1.40. The highest BCUT2D eigenvalue weighted by atomic mass is 32.1. The smallest absolute Gasteiger partial charge is 0.358 e. The Morgan fingerprint density at radius 1 is 1.42 bits per heavy atom. The van der Waals surface area contributed by atoms with Crippen molar-refractivity contribution in [3.05, 3.63) is 40.5 Å². The van der Waals surface area contributed by atoms with Crippen molar-refractivity contribution in [2.45, 2.75) is 25.7 Å². The molecule has 3 rings (SSSR count). The fourth-order valence-corrected chi connectivity index (χ4v) is 3.28. The van der Waals surface area contributed by atoms with Crippen molar-refractivity contribution >= 4 is 17.3 Å². The minimum Gasteiger partial charge on any atom is -0.464 e. The molecule has 0 atom stereocenters. The molecular weight excluding hydrogens is 258 g/mol. The van der Waals surface area contributed by atoms with Gasteiger partial charge in [0.1, 0.15) is 0 Å². The first-order chi connectivity index (χ1) is 9.19. The number of benzene rings is 1. The number of hydrogen-bond acceptors (Lipinski definition) is 4. The Morgan fingerprint density at radius 3 is 2.84 bits per heavy atom. The average Bonchev–Trinajstić information content (AvgIpc) is 3.17. The number of methoxy groups -OCH3 is 1. The van der Waals surface area contributed by atoms with E-state index in [1.165, 1.54) is 25.5 Å². The molecule has 0 radical (unpaired) electrons. The summed E-state index contributed by atoms with van der Waals surface area (Å²) >= 11 is 1.62. The van der Waals surface area contributed by atoms with Crippen LogP contribution in [0.15, 0.2) is 24.3 Å². The van der Waals surface area contributed by atoms with Gasteiger partial charge in [-0.1, -0.05) is 29.8 Å². The SMILES string of the molecule is COC(=O)c1nc(C2CC2)sc1-c1cccc(C)c1. The molecule has 4 heteroatoms. The van der Waals surface area contributed by atoms with Gasteiger partial charge >= 0.3 is 5.97 Å². The molecule has 1 aliphatic carbocycles. The maximum Gasteiger partial charge on any atom is 0.358 e. The Kier molecular flexibility index (Phi) is 3.11. The van der Waals surface area contributed by atoms with Gasteiger partial charge in [0.05, 0.1) is 17.0 Å². The lowest BCUT2D eigenvalue weighted by Crippen LogP contribution is -2.03. The number of nitrogens with zero attached hydrogens (tertiary/aromatic N) is 1. The molecular formula is C15H15NO2S. The molecule has 0 spiro atoms. The molecule has 1 aromatic heterocycles. The lowest BCUT2D eigenvalue weighted by atomic mass is 10.1. The second kappa shape index (κ2) is 4.78. The molecule has 1 heterocycles. The van der Waals surface area contributed by atoms with E-state index in [-0.39, 0.29) is 5.97 Å². The second-order valence-corrected chi connectivity index (χ2v) is 5.90. The molecule has 1 saturated carbocycles. The first kappa shape index (κ1) is 12.4. The van der Waals surface area contributed by atoms with Gasteiger partial charge in [-0.05, 0) is 25.3 Å². The summed E-state index contributed by atoms with van der Waals surface area (Å²) in [4.78, 5) is 17.3. The number of carbonyl (C=O) groups is 1. The van der Waals surface area contributed by atoms with Gasteiger partial charge in [-0.2, -0.15) is 0 Å². The van der Waals surface area contributed by atoms with E-state index in [0.717, 1.165) is 15.4 Å². The highest BCUT2D eigenvalue weighted by molar-refractivity contribution is 7.15. The minimum atomic E-state index is -0.348. The van der Waals surface area contributed by atoms with Gasteiger partial charge in [-0.3, -0.25) is 0 Å². The molecule has 0 N–H and O–H groups in total. The Bertz CT molecular complexity index is 629. The van der Waals surface area contributed by atoms with Gasteiger partial charge in [0.2, 0.25) is 0 Å². The van der Waals surface area contributed by atoms with E-state index in [4.69, 9.17) is 4.74 Å². The predicted octanol–water partition coefficient (Wildman–Crippen LogP) is 3.78. The van der Waals surface area contributed by atoms with Gasteiger partial charge in [0.25, 0.3) is 0 Å². The number of thiazole rings is 1.